The largest absolute Gasteiger partial charge is 0.351 e. The zero-order valence-electron chi connectivity index (χ0n) is 13.2. The summed E-state index contributed by atoms with van der Waals surface area (Å²) in [5.41, 5.74) is -0.400. The van der Waals surface area contributed by atoms with E-state index in [4.69, 9.17) is 0 Å². The van der Waals surface area contributed by atoms with E-state index in [1.54, 1.807) is 0 Å². The van der Waals surface area contributed by atoms with Gasteiger partial charge in [0.05, 0.1) is 4.88 Å². The molecule has 0 bridgehead atoms. The highest BCUT2D eigenvalue weighted by atomic mass is 32.1. The van der Waals surface area contributed by atoms with E-state index in [0.29, 0.717) is 12.5 Å². The molecule has 116 valence electrons. The Morgan fingerprint density at radius 1 is 1.33 bits per heavy atom. The van der Waals surface area contributed by atoms with Gasteiger partial charge in [0.1, 0.15) is 0 Å². The minimum Gasteiger partial charge on any atom is -0.351 e. The van der Waals surface area contributed by atoms with Crippen LogP contribution in [-0.2, 0) is 4.79 Å². The van der Waals surface area contributed by atoms with Crippen LogP contribution >= 0.6 is 11.3 Å². The fraction of sp³-hybridized carbons (Fsp3) is 0.625. The second-order valence-corrected chi connectivity index (χ2v) is 7.90. The van der Waals surface area contributed by atoms with Gasteiger partial charge in [-0.15, -0.1) is 11.3 Å². The van der Waals surface area contributed by atoms with Gasteiger partial charge in [0.2, 0.25) is 5.91 Å². The lowest BCUT2D eigenvalue weighted by molar-refractivity contribution is -0.129. The topological polar surface area (TPSA) is 49.4 Å². The van der Waals surface area contributed by atoms with E-state index in [2.05, 4.69) is 12.2 Å². The first-order valence-corrected chi connectivity index (χ1v) is 8.29. The van der Waals surface area contributed by atoms with Crippen LogP contribution in [0.2, 0.25) is 0 Å². The van der Waals surface area contributed by atoms with Crippen molar-refractivity contribution in [3.63, 3.8) is 0 Å². The number of carbonyl (C=O) groups excluding carboxylic acids is 2. The van der Waals surface area contributed by atoms with Crippen LogP contribution in [-0.4, -0.2) is 35.8 Å². The van der Waals surface area contributed by atoms with Crippen LogP contribution in [0.4, 0.5) is 0 Å². The van der Waals surface area contributed by atoms with Crippen molar-refractivity contribution in [1.82, 2.24) is 10.2 Å². The summed E-state index contributed by atoms with van der Waals surface area (Å²) in [5, 5.41) is 5.01. The fourth-order valence-corrected chi connectivity index (χ4v) is 3.27. The maximum Gasteiger partial charge on any atom is 0.263 e. The second kappa shape index (κ2) is 6.18. The number of carbonyl (C=O) groups is 2. The average Bonchev–Trinajstić information content (AvgIpc) is 2.89. The van der Waals surface area contributed by atoms with E-state index in [1.165, 1.54) is 11.3 Å². The van der Waals surface area contributed by atoms with E-state index in [-0.39, 0.29) is 17.9 Å². The molecule has 1 N–H and O–H groups in total. The highest BCUT2D eigenvalue weighted by Crippen LogP contribution is 2.22. The van der Waals surface area contributed by atoms with Crippen molar-refractivity contribution in [3.8, 4) is 0 Å². The third-order valence-corrected chi connectivity index (χ3v) is 4.55. The van der Waals surface area contributed by atoms with Gasteiger partial charge >= 0.3 is 0 Å². The van der Waals surface area contributed by atoms with Gasteiger partial charge in [-0.25, -0.2) is 0 Å². The molecule has 2 atom stereocenters. The zero-order valence-corrected chi connectivity index (χ0v) is 14.0. The van der Waals surface area contributed by atoms with Gasteiger partial charge in [-0.05, 0) is 23.8 Å². The normalized spacial score (nSPS) is 23.0. The van der Waals surface area contributed by atoms with E-state index in [1.807, 2.05) is 43.2 Å². The highest BCUT2D eigenvalue weighted by Gasteiger charge is 2.31. The van der Waals surface area contributed by atoms with Crippen molar-refractivity contribution in [1.29, 1.82) is 0 Å². The molecule has 2 rings (SSSR count). The number of nitrogens with one attached hydrogen (secondary N) is 1. The Bertz CT molecular complexity index is 505. The van der Waals surface area contributed by atoms with Crippen LogP contribution in [0, 0.1) is 11.3 Å². The van der Waals surface area contributed by atoms with Crippen LogP contribution in [0.3, 0.4) is 0 Å². The number of hydrogen-bond donors (Lipinski definition) is 1. The molecular formula is C16H24N2O2S. The average molecular weight is 308 g/mol. The van der Waals surface area contributed by atoms with Gasteiger partial charge in [0, 0.05) is 24.5 Å². The quantitative estimate of drug-likeness (QED) is 0.913. The van der Waals surface area contributed by atoms with Crippen LogP contribution in [0.15, 0.2) is 17.5 Å². The molecule has 0 aliphatic carbocycles. The summed E-state index contributed by atoms with van der Waals surface area (Å²) in [5.74, 6) is 0.518. The summed E-state index contributed by atoms with van der Waals surface area (Å²) in [4.78, 5) is 27.2. The Morgan fingerprint density at radius 2 is 2.05 bits per heavy atom. The van der Waals surface area contributed by atoms with Gasteiger partial charge in [-0.3, -0.25) is 9.59 Å². The molecule has 1 saturated heterocycles. The van der Waals surface area contributed by atoms with Crippen molar-refractivity contribution in [2.45, 2.75) is 40.2 Å². The van der Waals surface area contributed by atoms with Crippen LogP contribution in [0.5, 0.6) is 0 Å². The number of rotatable bonds is 2. The molecule has 0 aromatic carbocycles. The summed E-state index contributed by atoms with van der Waals surface area (Å²) in [6, 6.07) is 3.79. The number of amides is 2. The summed E-state index contributed by atoms with van der Waals surface area (Å²) < 4.78 is 0. The Morgan fingerprint density at radius 3 is 2.62 bits per heavy atom. The lowest BCUT2D eigenvalue weighted by Gasteiger charge is -2.37. The van der Waals surface area contributed by atoms with Gasteiger partial charge < -0.3 is 10.2 Å². The molecule has 2 unspecified atom stereocenters. The van der Waals surface area contributed by atoms with Gasteiger partial charge in [-0.2, -0.15) is 0 Å². The summed E-state index contributed by atoms with van der Waals surface area (Å²) in [6.07, 6.45) is 0.927. The van der Waals surface area contributed by atoms with Crippen molar-refractivity contribution < 1.29 is 9.59 Å². The van der Waals surface area contributed by atoms with Crippen LogP contribution in [0.25, 0.3) is 0 Å². The van der Waals surface area contributed by atoms with Crippen LogP contribution in [0.1, 0.15) is 43.8 Å². The number of thiophene rings is 1. The summed E-state index contributed by atoms with van der Waals surface area (Å²) >= 11 is 1.47. The molecule has 0 spiro atoms. The molecule has 1 fully saturated rings. The van der Waals surface area contributed by atoms with Gasteiger partial charge in [-0.1, -0.05) is 33.8 Å². The second-order valence-electron chi connectivity index (χ2n) is 6.95. The predicted molar refractivity (Wildman–Crippen MR) is 85.4 cm³/mol. The lowest BCUT2D eigenvalue weighted by Crippen LogP contribution is -2.53. The van der Waals surface area contributed by atoms with E-state index < -0.39 is 5.41 Å². The molecule has 1 aliphatic rings. The van der Waals surface area contributed by atoms with Gasteiger partial charge in [0.15, 0.2) is 0 Å². The SMILES string of the molecule is CC1CC(NC(=O)C(C)(C)C)CN(C(=O)c2cccs2)C1. The molecule has 2 amide bonds. The first kappa shape index (κ1) is 16.0. The first-order chi connectivity index (χ1) is 9.77. The van der Waals surface area contributed by atoms with E-state index in [9.17, 15) is 9.59 Å². The molecule has 5 heteroatoms. The van der Waals surface area contributed by atoms with Crippen molar-refractivity contribution >= 4 is 23.2 Å². The Hall–Kier alpha value is -1.36. The predicted octanol–water partition coefficient (Wildman–Crippen LogP) is 2.76. The molecule has 1 aromatic heterocycles. The van der Waals surface area contributed by atoms with Gasteiger partial charge in [0.25, 0.3) is 5.91 Å². The third kappa shape index (κ3) is 4.06. The molecule has 1 aromatic rings. The molecule has 2 heterocycles. The molecule has 0 radical (unpaired) electrons. The standard InChI is InChI=1S/C16H24N2O2S/c1-11-8-12(17-15(20)16(2,3)4)10-18(9-11)14(19)13-6-5-7-21-13/h5-7,11-12H,8-10H2,1-4H3,(H,17,20). The molecule has 21 heavy (non-hydrogen) atoms. The molecule has 4 nitrogen and oxygen atoms in total. The molecular weight excluding hydrogens is 284 g/mol. The van der Waals surface area contributed by atoms with Crippen molar-refractivity contribution in [2.75, 3.05) is 13.1 Å². The maximum absolute atomic E-state index is 12.5. The highest BCUT2D eigenvalue weighted by molar-refractivity contribution is 7.12. The maximum atomic E-state index is 12.5. The zero-order chi connectivity index (χ0) is 15.6. The van der Waals surface area contributed by atoms with Crippen molar-refractivity contribution in [2.24, 2.45) is 11.3 Å². The first-order valence-electron chi connectivity index (χ1n) is 7.41. The van der Waals surface area contributed by atoms with Crippen LogP contribution < -0.4 is 5.32 Å². The number of hydrogen-bond acceptors (Lipinski definition) is 3. The lowest BCUT2D eigenvalue weighted by atomic mass is 9.92. The minimum absolute atomic E-state index is 0.0457. The monoisotopic (exact) mass is 308 g/mol. The third-order valence-electron chi connectivity index (χ3n) is 3.70. The smallest absolute Gasteiger partial charge is 0.263 e. The molecule has 0 saturated carbocycles. The number of piperidine rings is 1. The fourth-order valence-electron chi connectivity index (χ4n) is 2.58. The van der Waals surface area contributed by atoms with E-state index >= 15 is 0 Å². The number of nitrogens with zero attached hydrogens (tertiary/aromatic N) is 1. The Kier molecular flexibility index (Phi) is 4.71. The summed E-state index contributed by atoms with van der Waals surface area (Å²) in [6.45, 7) is 9.21. The minimum atomic E-state index is -0.400. The Labute approximate surface area is 130 Å². The summed E-state index contributed by atoms with van der Waals surface area (Å²) in [7, 11) is 0. The Balaban J connectivity index is 2.02. The number of likely N-dealkylation sites (tertiary alicyclic amines) is 1. The van der Waals surface area contributed by atoms with Crippen molar-refractivity contribution in [3.05, 3.63) is 22.4 Å². The van der Waals surface area contributed by atoms with E-state index in [0.717, 1.165) is 17.8 Å². The molecule has 1 aliphatic heterocycles.